The lowest BCUT2D eigenvalue weighted by atomic mass is 9.76. The molecular formula is C40H57N2O13S2+. The number of anilines is 1. The highest BCUT2D eigenvalue weighted by Crippen LogP contribution is 2.51. The summed E-state index contributed by atoms with van der Waals surface area (Å²) in [7, 11) is -4.26. The average Bonchev–Trinajstić information content (AvgIpc) is 3.52. The van der Waals surface area contributed by atoms with E-state index >= 15 is 0 Å². The molecule has 0 spiro atoms. The van der Waals surface area contributed by atoms with Gasteiger partial charge in [-0.3, -0.25) is 13.9 Å². The van der Waals surface area contributed by atoms with E-state index in [0.717, 1.165) is 22.8 Å². The van der Waals surface area contributed by atoms with Crippen molar-refractivity contribution >= 4 is 43.3 Å². The molecule has 0 saturated carbocycles. The van der Waals surface area contributed by atoms with Gasteiger partial charge in [0.2, 0.25) is 5.69 Å². The van der Waals surface area contributed by atoms with Crippen molar-refractivity contribution in [2.45, 2.75) is 73.0 Å². The van der Waals surface area contributed by atoms with Crippen LogP contribution in [0.5, 0.6) is 0 Å². The molecule has 2 atom stereocenters. The number of benzene rings is 2. The highest BCUT2D eigenvalue weighted by Gasteiger charge is 2.48. The first-order valence-corrected chi connectivity index (χ1v) is 21.8. The number of carbonyl (C=O) groups is 1. The number of aliphatic carboxylic acids is 1. The summed E-state index contributed by atoms with van der Waals surface area (Å²) in [6, 6.07) is 9.14. The number of rotatable bonds is 25. The molecule has 0 bridgehead atoms. The fourth-order valence-corrected chi connectivity index (χ4v) is 8.58. The van der Waals surface area contributed by atoms with Gasteiger partial charge in [0, 0.05) is 88.4 Å². The van der Waals surface area contributed by atoms with E-state index in [2.05, 4.69) is 9.48 Å². The summed E-state index contributed by atoms with van der Waals surface area (Å²) in [6.07, 6.45) is 8.64. The summed E-state index contributed by atoms with van der Waals surface area (Å²) in [5, 5.41) is 9.19. The van der Waals surface area contributed by atoms with E-state index in [0.29, 0.717) is 103 Å². The zero-order chi connectivity index (χ0) is 41.9. The second-order valence-electron chi connectivity index (χ2n) is 14.5. The topological polar surface area (TPSA) is 198 Å². The van der Waals surface area contributed by atoms with Crippen molar-refractivity contribution in [1.82, 2.24) is 0 Å². The number of carboxylic acid groups (broad SMARTS) is 1. The first-order chi connectivity index (χ1) is 27.0. The van der Waals surface area contributed by atoms with Crippen LogP contribution < -0.4 is 4.90 Å². The smallest absolute Gasteiger partial charge is 0.303 e. The number of nitrogens with zero attached hydrogens (tertiary/aromatic N) is 2. The van der Waals surface area contributed by atoms with Crippen LogP contribution in [0.15, 0.2) is 70.1 Å². The normalized spacial score (nSPS) is 20.3. The fraction of sp³-hybridized carbons (Fsp3) is 0.550. The number of hydrogen-bond acceptors (Lipinski definition) is 11. The molecule has 2 aromatic rings. The third kappa shape index (κ3) is 11.4. The van der Waals surface area contributed by atoms with Gasteiger partial charge in [0.1, 0.15) is 6.54 Å². The Bertz CT molecular complexity index is 2030. The third-order valence-electron chi connectivity index (χ3n) is 10.7. The van der Waals surface area contributed by atoms with E-state index < -0.39 is 37.0 Å². The van der Waals surface area contributed by atoms with E-state index in [1.165, 1.54) is 24.3 Å². The molecule has 316 valence electrons. The molecule has 57 heavy (non-hydrogen) atoms. The zero-order valence-corrected chi connectivity index (χ0v) is 35.1. The average molecular weight is 838 g/mol. The number of allylic oxidation sites excluding steroid dienone is 4. The number of hydrogen-bond donors (Lipinski definition) is 3. The number of fused-ring (bicyclic) bond motifs is 2. The summed E-state index contributed by atoms with van der Waals surface area (Å²) in [4.78, 5) is 12.8. The molecule has 2 aromatic carbocycles. The van der Waals surface area contributed by atoms with Crippen LogP contribution in [-0.2, 0) is 59.5 Å². The molecular weight excluding hydrogens is 781 g/mol. The lowest BCUT2D eigenvalue weighted by Crippen LogP contribution is -2.33. The quantitative estimate of drug-likeness (QED) is 0.0674. The second kappa shape index (κ2) is 20.4. The molecule has 3 N–H and O–H groups in total. The lowest BCUT2D eigenvalue weighted by Gasteiger charge is -2.30. The number of methoxy groups -OCH3 is 3. The maximum atomic E-state index is 12.4. The first-order valence-electron chi connectivity index (χ1n) is 18.9. The largest absolute Gasteiger partial charge is 0.481 e. The Morgan fingerprint density at radius 2 is 1.33 bits per heavy atom. The zero-order valence-electron chi connectivity index (χ0n) is 33.4. The molecule has 0 fully saturated rings. The van der Waals surface area contributed by atoms with Crippen molar-refractivity contribution in [2.75, 3.05) is 85.6 Å². The maximum Gasteiger partial charge on any atom is 0.303 e. The van der Waals surface area contributed by atoms with Gasteiger partial charge in [-0.1, -0.05) is 6.08 Å². The standard InChI is InChI=1S/C40H56N2O13S2/c1-39(17-21-54-26-24-52-4)32-28-30(56(45,46)47)13-15-34(32)41(19-8-6-7-12-38(43)44)36(39)10-9-11-37-40(2,18-22-55-27-25-53-5)33-29-31(57(48,49)50)14-16-35(33)42(37)20-23-51-3/h9-11,13-16,28-29H,6-8,12,17-27H2,1-5H3,(H2-,43,44,45,46,47,48,49,50)/p+1. The van der Waals surface area contributed by atoms with Crippen molar-refractivity contribution in [3.8, 4) is 0 Å². The predicted octanol–water partition coefficient (Wildman–Crippen LogP) is 5.15. The molecule has 0 radical (unpaired) electrons. The van der Waals surface area contributed by atoms with Gasteiger partial charge in [0.15, 0.2) is 5.71 Å². The predicted molar refractivity (Wildman–Crippen MR) is 214 cm³/mol. The van der Waals surface area contributed by atoms with Gasteiger partial charge in [0.25, 0.3) is 20.2 Å². The molecule has 0 saturated heterocycles. The first kappa shape index (κ1) is 46.2. The molecule has 0 amide bonds. The minimum absolute atomic E-state index is 0.0543. The van der Waals surface area contributed by atoms with E-state index in [9.17, 15) is 35.8 Å². The fourth-order valence-electron chi connectivity index (χ4n) is 7.57. The monoisotopic (exact) mass is 837 g/mol. The molecule has 4 rings (SSSR count). The Morgan fingerprint density at radius 1 is 0.754 bits per heavy atom. The number of unbranched alkanes of at least 4 members (excludes halogenated alkanes) is 2. The molecule has 2 unspecified atom stereocenters. The van der Waals surface area contributed by atoms with Crippen LogP contribution in [-0.4, -0.2) is 128 Å². The molecule has 2 aliphatic heterocycles. The summed E-state index contributed by atoms with van der Waals surface area (Å²) >= 11 is 0. The van der Waals surface area contributed by atoms with Crippen molar-refractivity contribution in [3.05, 3.63) is 71.5 Å². The second-order valence-corrected chi connectivity index (χ2v) is 17.3. The Labute approximate surface area is 336 Å². The Morgan fingerprint density at radius 3 is 1.91 bits per heavy atom. The Kier molecular flexibility index (Phi) is 16.6. The van der Waals surface area contributed by atoms with Crippen molar-refractivity contribution < 1.29 is 64.1 Å². The van der Waals surface area contributed by atoms with Crippen molar-refractivity contribution in [1.29, 1.82) is 0 Å². The van der Waals surface area contributed by atoms with Gasteiger partial charge in [-0.25, -0.2) is 0 Å². The summed E-state index contributed by atoms with van der Waals surface area (Å²) in [6.45, 7) is 7.50. The van der Waals surface area contributed by atoms with E-state index in [1.54, 1.807) is 33.5 Å². The summed E-state index contributed by atoms with van der Waals surface area (Å²) < 4.78 is 99.1. The van der Waals surface area contributed by atoms with Crippen LogP contribution in [0.2, 0.25) is 0 Å². The van der Waals surface area contributed by atoms with Gasteiger partial charge in [0.05, 0.1) is 48.2 Å². The van der Waals surface area contributed by atoms with Crippen LogP contribution >= 0.6 is 0 Å². The van der Waals surface area contributed by atoms with Gasteiger partial charge in [-0.2, -0.15) is 21.4 Å². The molecule has 17 heteroatoms. The molecule has 15 nitrogen and oxygen atoms in total. The van der Waals surface area contributed by atoms with Crippen LogP contribution in [0.4, 0.5) is 11.4 Å². The molecule has 2 aliphatic rings. The van der Waals surface area contributed by atoms with Crippen LogP contribution in [0.1, 0.15) is 63.5 Å². The van der Waals surface area contributed by atoms with Gasteiger partial charge in [-0.15, -0.1) is 0 Å². The Balaban J connectivity index is 1.87. The highest BCUT2D eigenvalue weighted by molar-refractivity contribution is 7.86. The molecule has 2 heterocycles. The van der Waals surface area contributed by atoms with Gasteiger partial charge < -0.3 is 33.7 Å². The Hall–Kier alpha value is -3.52. The van der Waals surface area contributed by atoms with Crippen LogP contribution in [0.25, 0.3) is 0 Å². The number of carboxylic acids is 1. The number of ether oxygens (including phenoxy) is 5. The van der Waals surface area contributed by atoms with E-state index in [-0.39, 0.29) is 16.2 Å². The molecule has 0 aromatic heterocycles. The summed E-state index contributed by atoms with van der Waals surface area (Å²) in [5.74, 6) is -0.861. The van der Waals surface area contributed by atoms with Crippen molar-refractivity contribution in [2.24, 2.45) is 0 Å². The minimum Gasteiger partial charge on any atom is -0.481 e. The maximum absolute atomic E-state index is 12.4. The third-order valence-corrected chi connectivity index (χ3v) is 12.4. The lowest BCUT2D eigenvalue weighted by molar-refractivity contribution is -0.438. The highest BCUT2D eigenvalue weighted by atomic mass is 32.2. The van der Waals surface area contributed by atoms with Gasteiger partial charge >= 0.3 is 5.97 Å². The van der Waals surface area contributed by atoms with Gasteiger partial charge in [-0.05, 0) is 81.5 Å². The summed E-state index contributed by atoms with van der Waals surface area (Å²) in [5.41, 5.74) is 3.01. The minimum atomic E-state index is -4.53. The van der Waals surface area contributed by atoms with Crippen LogP contribution in [0.3, 0.4) is 0 Å². The molecule has 0 aliphatic carbocycles. The van der Waals surface area contributed by atoms with E-state index in [4.69, 9.17) is 23.7 Å². The van der Waals surface area contributed by atoms with Crippen LogP contribution in [0, 0.1) is 0 Å². The van der Waals surface area contributed by atoms with Crippen molar-refractivity contribution in [3.63, 3.8) is 0 Å². The van der Waals surface area contributed by atoms with E-state index in [1.807, 2.05) is 32.1 Å². The SMILES string of the molecule is COCCOCCC1(C)C(/C=C/C=C2/N(CCOC)c3ccc(S(=O)(=O)O)cc3C2(C)CCOCCOC)=[N+](CCCCCC(=O)O)c2ccc(S(=O)(=O)O)cc21.